The van der Waals surface area contributed by atoms with Gasteiger partial charge in [-0.2, -0.15) is 0 Å². The van der Waals surface area contributed by atoms with E-state index in [1.807, 2.05) is 19.1 Å². The summed E-state index contributed by atoms with van der Waals surface area (Å²) < 4.78 is 33.4. The van der Waals surface area contributed by atoms with Crippen LogP contribution >= 0.6 is 0 Å². The summed E-state index contributed by atoms with van der Waals surface area (Å²) in [5, 5.41) is 0. The van der Waals surface area contributed by atoms with Crippen LogP contribution in [0.2, 0.25) is 0 Å². The van der Waals surface area contributed by atoms with E-state index in [-0.39, 0.29) is 0 Å². The molecule has 0 saturated heterocycles. The minimum absolute atomic E-state index is 0.422. The number of benzene rings is 2. The van der Waals surface area contributed by atoms with Gasteiger partial charge >= 0.3 is 5.97 Å². The Kier molecular flexibility index (Phi) is 8.61. The van der Waals surface area contributed by atoms with Gasteiger partial charge in [0.15, 0.2) is 29.1 Å². The van der Waals surface area contributed by atoms with Crippen LogP contribution in [0.5, 0.6) is 28.7 Å². The molecule has 168 valence electrons. The van der Waals surface area contributed by atoms with Crippen molar-refractivity contribution in [2.45, 2.75) is 32.5 Å². The zero-order chi connectivity index (χ0) is 23.0. The fourth-order valence-electron chi connectivity index (χ4n) is 3.23. The Morgan fingerprint density at radius 2 is 1.48 bits per heavy atom. The lowest BCUT2D eigenvalue weighted by Crippen LogP contribution is -2.26. The third kappa shape index (κ3) is 5.84. The van der Waals surface area contributed by atoms with Crippen LogP contribution in [0.1, 0.15) is 31.1 Å². The molecule has 2 unspecified atom stereocenters. The number of hydrogen-bond donors (Lipinski definition) is 0. The second-order valence-corrected chi connectivity index (χ2v) is 6.78. The molecule has 0 aromatic heterocycles. The highest BCUT2D eigenvalue weighted by Crippen LogP contribution is 2.38. The van der Waals surface area contributed by atoms with Gasteiger partial charge in [0.25, 0.3) is 0 Å². The standard InChI is InChI=1S/C24H30O7/c1-8-9-17-12-22(28-6)23(29-7)14-20(17)30-15(2)24(31-16(3)25)18-10-11-19(26-4)21(13-18)27-5/h8,10-15,24H,1,9H2,2-7H3. The van der Waals surface area contributed by atoms with Gasteiger partial charge in [0, 0.05) is 24.1 Å². The lowest BCUT2D eigenvalue weighted by molar-refractivity contribution is -0.151. The van der Waals surface area contributed by atoms with Crippen molar-refractivity contribution < 1.29 is 33.2 Å². The molecule has 2 aromatic rings. The summed E-state index contributed by atoms with van der Waals surface area (Å²) in [5.41, 5.74) is 1.58. The van der Waals surface area contributed by atoms with Crippen molar-refractivity contribution in [1.82, 2.24) is 0 Å². The van der Waals surface area contributed by atoms with E-state index in [1.165, 1.54) is 6.92 Å². The van der Waals surface area contributed by atoms with Crippen molar-refractivity contribution >= 4 is 5.97 Å². The molecule has 0 aliphatic carbocycles. The summed E-state index contributed by atoms with van der Waals surface area (Å²) in [6.07, 6.45) is 1.14. The van der Waals surface area contributed by atoms with Crippen LogP contribution in [0.15, 0.2) is 43.0 Å². The molecule has 2 rings (SSSR count). The van der Waals surface area contributed by atoms with Gasteiger partial charge < -0.3 is 28.4 Å². The minimum Gasteiger partial charge on any atom is -0.493 e. The third-order valence-electron chi connectivity index (χ3n) is 4.70. The molecule has 2 aromatic carbocycles. The predicted molar refractivity (Wildman–Crippen MR) is 118 cm³/mol. The van der Waals surface area contributed by atoms with Crippen LogP contribution in [-0.2, 0) is 16.0 Å². The maximum Gasteiger partial charge on any atom is 0.303 e. The van der Waals surface area contributed by atoms with Gasteiger partial charge in [-0.15, -0.1) is 6.58 Å². The second-order valence-electron chi connectivity index (χ2n) is 6.78. The Morgan fingerprint density at radius 3 is 2.03 bits per heavy atom. The molecule has 7 nitrogen and oxygen atoms in total. The second kappa shape index (κ2) is 11.2. The first-order chi connectivity index (χ1) is 14.9. The Labute approximate surface area is 183 Å². The quantitative estimate of drug-likeness (QED) is 0.383. The summed E-state index contributed by atoms with van der Waals surface area (Å²) in [5.74, 6) is 2.40. The Balaban J connectivity index is 2.44. The van der Waals surface area contributed by atoms with Gasteiger partial charge in [-0.3, -0.25) is 4.79 Å². The molecule has 0 aliphatic heterocycles. The molecule has 0 aliphatic rings. The maximum absolute atomic E-state index is 11.8. The summed E-state index contributed by atoms with van der Waals surface area (Å²) in [6, 6.07) is 8.95. The van der Waals surface area contributed by atoms with Gasteiger partial charge in [-0.25, -0.2) is 0 Å². The summed E-state index contributed by atoms with van der Waals surface area (Å²) in [7, 11) is 6.24. The van der Waals surface area contributed by atoms with Crippen LogP contribution in [0.3, 0.4) is 0 Å². The van der Waals surface area contributed by atoms with E-state index in [4.69, 9.17) is 28.4 Å². The topological polar surface area (TPSA) is 72.5 Å². The predicted octanol–water partition coefficient (Wildman–Crippen LogP) is 4.52. The lowest BCUT2D eigenvalue weighted by Gasteiger charge is -2.27. The fraction of sp³-hybridized carbons (Fsp3) is 0.375. The first kappa shape index (κ1) is 23.9. The zero-order valence-electron chi connectivity index (χ0n) is 18.9. The molecule has 0 bridgehead atoms. The number of ether oxygens (including phenoxy) is 6. The third-order valence-corrected chi connectivity index (χ3v) is 4.70. The van der Waals surface area contributed by atoms with Crippen molar-refractivity contribution in [2.24, 2.45) is 0 Å². The van der Waals surface area contributed by atoms with E-state index in [1.54, 1.807) is 52.7 Å². The van der Waals surface area contributed by atoms with Crippen LogP contribution in [0.4, 0.5) is 0 Å². The Bertz CT molecular complexity index is 907. The van der Waals surface area contributed by atoms with Crippen molar-refractivity contribution in [3.8, 4) is 28.7 Å². The average Bonchev–Trinajstić information content (AvgIpc) is 2.77. The molecule has 31 heavy (non-hydrogen) atoms. The van der Waals surface area contributed by atoms with E-state index in [9.17, 15) is 4.79 Å². The minimum atomic E-state index is -0.679. The molecule has 2 atom stereocenters. The fourth-order valence-corrected chi connectivity index (χ4v) is 3.23. The monoisotopic (exact) mass is 430 g/mol. The van der Waals surface area contributed by atoms with E-state index in [0.29, 0.717) is 40.7 Å². The highest BCUT2D eigenvalue weighted by atomic mass is 16.6. The van der Waals surface area contributed by atoms with Crippen molar-refractivity contribution in [3.63, 3.8) is 0 Å². The first-order valence-corrected chi connectivity index (χ1v) is 9.80. The number of hydrogen-bond acceptors (Lipinski definition) is 7. The van der Waals surface area contributed by atoms with Gasteiger partial charge in [0.1, 0.15) is 11.9 Å². The smallest absolute Gasteiger partial charge is 0.303 e. The molecule has 0 heterocycles. The number of allylic oxidation sites excluding steroid dienone is 1. The van der Waals surface area contributed by atoms with Gasteiger partial charge in [0.05, 0.1) is 28.4 Å². The number of carbonyl (C=O) groups is 1. The van der Waals surface area contributed by atoms with E-state index in [2.05, 4.69) is 6.58 Å². The molecule has 0 N–H and O–H groups in total. The molecule has 0 amide bonds. The number of rotatable bonds is 11. The Morgan fingerprint density at radius 1 is 0.903 bits per heavy atom. The average molecular weight is 430 g/mol. The molecule has 7 heteroatoms. The highest BCUT2D eigenvalue weighted by Gasteiger charge is 2.27. The first-order valence-electron chi connectivity index (χ1n) is 9.80. The molecular formula is C24H30O7. The zero-order valence-corrected chi connectivity index (χ0v) is 18.9. The van der Waals surface area contributed by atoms with E-state index in [0.717, 1.165) is 5.56 Å². The Hall–Kier alpha value is -3.35. The van der Waals surface area contributed by atoms with Crippen molar-refractivity contribution in [3.05, 3.63) is 54.1 Å². The van der Waals surface area contributed by atoms with Crippen LogP contribution in [0, 0.1) is 0 Å². The van der Waals surface area contributed by atoms with Crippen LogP contribution in [0.25, 0.3) is 0 Å². The van der Waals surface area contributed by atoms with Gasteiger partial charge in [-0.05, 0) is 31.5 Å². The van der Waals surface area contributed by atoms with E-state index >= 15 is 0 Å². The van der Waals surface area contributed by atoms with Crippen molar-refractivity contribution in [1.29, 1.82) is 0 Å². The maximum atomic E-state index is 11.8. The SMILES string of the molecule is C=CCc1cc(OC)c(OC)cc1OC(C)C(OC(C)=O)c1ccc(OC)c(OC)c1. The van der Waals surface area contributed by atoms with Crippen LogP contribution in [-0.4, -0.2) is 40.5 Å². The van der Waals surface area contributed by atoms with E-state index < -0.39 is 18.2 Å². The van der Waals surface area contributed by atoms with Crippen molar-refractivity contribution in [2.75, 3.05) is 28.4 Å². The molecule has 0 radical (unpaired) electrons. The number of methoxy groups -OCH3 is 4. The largest absolute Gasteiger partial charge is 0.493 e. The summed E-state index contributed by atoms with van der Waals surface area (Å²) in [6.45, 7) is 7.00. The summed E-state index contributed by atoms with van der Waals surface area (Å²) in [4.78, 5) is 11.8. The molecule has 0 saturated carbocycles. The van der Waals surface area contributed by atoms with Gasteiger partial charge in [-0.1, -0.05) is 12.1 Å². The van der Waals surface area contributed by atoms with Crippen LogP contribution < -0.4 is 23.7 Å². The highest BCUT2D eigenvalue weighted by molar-refractivity contribution is 5.66. The van der Waals surface area contributed by atoms with Gasteiger partial charge in [0.2, 0.25) is 0 Å². The normalized spacial score (nSPS) is 12.3. The number of carbonyl (C=O) groups excluding carboxylic acids is 1. The molecular weight excluding hydrogens is 400 g/mol. The number of esters is 1. The lowest BCUT2D eigenvalue weighted by atomic mass is 10.0. The molecule has 0 fully saturated rings. The molecule has 0 spiro atoms. The summed E-state index contributed by atoms with van der Waals surface area (Å²) >= 11 is 0.